The standard InChI is InChI=1S/C36H21N3O/c1-2-11-25(12-3-1)39-31-21-24-10-5-7-16-30(24)37-35(31)38-36(39)29-15-8-14-27-28-20-19-23-18-17-22-9-4-6-13-26(22)32(23)34(28)40-33(27)29/h1-21H. The zero-order valence-corrected chi connectivity index (χ0v) is 21.4. The summed E-state index contributed by atoms with van der Waals surface area (Å²) in [5.41, 5.74) is 6.30. The van der Waals surface area contributed by atoms with Gasteiger partial charge < -0.3 is 4.42 Å². The number of hydrogen-bond donors (Lipinski definition) is 0. The van der Waals surface area contributed by atoms with Crippen LogP contribution in [-0.4, -0.2) is 14.5 Å². The van der Waals surface area contributed by atoms with E-state index in [1.54, 1.807) is 0 Å². The molecule has 0 spiro atoms. The second-order valence-corrected chi connectivity index (χ2v) is 10.2. The van der Waals surface area contributed by atoms with Crippen molar-refractivity contribution in [3.8, 4) is 17.1 Å². The van der Waals surface area contributed by atoms with Crippen molar-refractivity contribution in [2.24, 2.45) is 0 Å². The molecule has 0 aliphatic heterocycles. The van der Waals surface area contributed by atoms with E-state index < -0.39 is 0 Å². The minimum Gasteiger partial charge on any atom is -0.455 e. The molecule has 0 N–H and O–H groups in total. The molecule has 9 rings (SSSR count). The molecule has 6 aromatic carbocycles. The largest absolute Gasteiger partial charge is 0.455 e. The summed E-state index contributed by atoms with van der Waals surface area (Å²) in [4.78, 5) is 10.1. The number of rotatable bonds is 2. The smallest absolute Gasteiger partial charge is 0.179 e. The number of benzene rings is 6. The average molecular weight is 512 g/mol. The maximum Gasteiger partial charge on any atom is 0.179 e. The zero-order valence-electron chi connectivity index (χ0n) is 21.4. The third kappa shape index (κ3) is 2.96. The number of nitrogens with zero attached hydrogens (tertiary/aromatic N) is 3. The molecule has 0 radical (unpaired) electrons. The van der Waals surface area contributed by atoms with Crippen LogP contribution in [0.3, 0.4) is 0 Å². The highest BCUT2D eigenvalue weighted by molar-refractivity contribution is 6.23. The second-order valence-electron chi connectivity index (χ2n) is 10.2. The van der Waals surface area contributed by atoms with E-state index in [9.17, 15) is 0 Å². The zero-order chi connectivity index (χ0) is 26.2. The van der Waals surface area contributed by atoms with Crippen LogP contribution in [0.4, 0.5) is 0 Å². The Bertz CT molecular complexity index is 2430. The molecule has 9 aromatic rings. The maximum absolute atomic E-state index is 6.85. The first kappa shape index (κ1) is 21.5. The fraction of sp³-hybridized carbons (Fsp3) is 0. The Kier molecular flexibility index (Phi) is 4.30. The summed E-state index contributed by atoms with van der Waals surface area (Å²) in [6, 6.07) is 44.3. The lowest BCUT2D eigenvalue weighted by Gasteiger charge is -2.10. The van der Waals surface area contributed by atoms with E-state index in [0.29, 0.717) is 5.65 Å². The van der Waals surface area contributed by atoms with Crippen molar-refractivity contribution in [3.05, 3.63) is 127 Å². The van der Waals surface area contributed by atoms with Gasteiger partial charge in [0.25, 0.3) is 0 Å². The third-order valence-corrected chi connectivity index (χ3v) is 7.98. The molecule has 0 saturated heterocycles. The first-order chi connectivity index (χ1) is 19.8. The van der Waals surface area contributed by atoms with Crippen LogP contribution < -0.4 is 0 Å². The highest BCUT2D eigenvalue weighted by atomic mass is 16.3. The molecule has 0 unspecified atom stereocenters. The molecule has 0 bridgehead atoms. The second kappa shape index (κ2) is 8.01. The van der Waals surface area contributed by atoms with E-state index in [2.05, 4.69) is 108 Å². The molecule has 186 valence electrons. The van der Waals surface area contributed by atoms with Crippen molar-refractivity contribution in [1.82, 2.24) is 14.5 Å². The molecule has 4 nitrogen and oxygen atoms in total. The Morgan fingerprint density at radius 1 is 0.525 bits per heavy atom. The molecule has 40 heavy (non-hydrogen) atoms. The average Bonchev–Trinajstić information content (AvgIpc) is 3.58. The van der Waals surface area contributed by atoms with E-state index in [1.165, 1.54) is 16.2 Å². The minimum atomic E-state index is 0.710. The quantitative estimate of drug-likeness (QED) is 0.217. The number of fused-ring (bicyclic) bond motifs is 9. The molecule has 0 aliphatic carbocycles. The number of furan rings is 1. The lowest BCUT2D eigenvalue weighted by molar-refractivity contribution is 0.673. The molecule has 0 saturated carbocycles. The predicted molar refractivity (Wildman–Crippen MR) is 164 cm³/mol. The topological polar surface area (TPSA) is 43.9 Å². The Balaban J connectivity index is 1.42. The van der Waals surface area contributed by atoms with E-state index in [4.69, 9.17) is 14.4 Å². The van der Waals surface area contributed by atoms with Crippen molar-refractivity contribution in [1.29, 1.82) is 0 Å². The van der Waals surface area contributed by atoms with E-state index in [1.807, 2.05) is 24.3 Å². The van der Waals surface area contributed by atoms with Gasteiger partial charge in [-0.15, -0.1) is 0 Å². The molecular formula is C36H21N3O. The third-order valence-electron chi connectivity index (χ3n) is 7.98. The van der Waals surface area contributed by atoms with Crippen molar-refractivity contribution < 1.29 is 4.42 Å². The van der Waals surface area contributed by atoms with E-state index in [-0.39, 0.29) is 0 Å². The van der Waals surface area contributed by atoms with Gasteiger partial charge in [0.05, 0.1) is 16.6 Å². The van der Waals surface area contributed by atoms with Crippen LogP contribution in [0.25, 0.3) is 82.6 Å². The van der Waals surface area contributed by atoms with Crippen LogP contribution in [-0.2, 0) is 0 Å². The van der Waals surface area contributed by atoms with Crippen LogP contribution in [0.5, 0.6) is 0 Å². The number of hydrogen-bond acceptors (Lipinski definition) is 3. The van der Waals surface area contributed by atoms with Gasteiger partial charge in [-0.25, -0.2) is 9.97 Å². The Morgan fingerprint density at radius 3 is 2.17 bits per heavy atom. The molecule has 0 aliphatic rings. The van der Waals surface area contributed by atoms with Gasteiger partial charge >= 0.3 is 0 Å². The van der Waals surface area contributed by atoms with Crippen molar-refractivity contribution in [3.63, 3.8) is 0 Å². The fourth-order valence-corrected chi connectivity index (χ4v) is 6.14. The monoisotopic (exact) mass is 511 g/mol. The Hall–Kier alpha value is -5.48. The highest BCUT2D eigenvalue weighted by Gasteiger charge is 2.21. The Labute approximate surface area is 228 Å². The molecule has 0 atom stereocenters. The number of imidazole rings is 1. The van der Waals surface area contributed by atoms with Gasteiger partial charge in [0.1, 0.15) is 11.2 Å². The summed E-state index contributed by atoms with van der Waals surface area (Å²) in [7, 11) is 0. The first-order valence-electron chi connectivity index (χ1n) is 13.4. The van der Waals surface area contributed by atoms with Crippen LogP contribution in [0.1, 0.15) is 0 Å². The lowest BCUT2D eigenvalue weighted by atomic mass is 9.99. The molecule has 0 amide bonds. The van der Waals surface area contributed by atoms with Crippen LogP contribution >= 0.6 is 0 Å². The van der Waals surface area contributed by atoms with Crippen molar-refractivity contribution >= 4 is 65.6 Å². The summed E-state index contributed by atoms with van der Waals surface area (Å²) in [5.74, 6) is 0.808. The summed E-state index contributed by atoms with van der Waals surface area (Å²) in [6.07, 6.45) is 0. The normalized spacial score (nSPS) is 12.0. The predicted octanol–water partition coefficient (Wildman–Crippen LogP) is 9.45. The number of aromatic nitrogens is 3. The van der Waals surface area contributed by atoms with Gasteiger partial charge in [0, 0.05) is 27.2 Å². The molecule has 0 fully saturated rings. The fourth-order valence-electron chi connectivity index (χ4n) is 6.14. The first-order valence-corrected chi connectivity index (χ1v) is 13.4. The summed E-state index contributed by atoms with van der Waals surface area (Å²) >= 11 is 0. The Morgan fingerprint density at radius 2 is 1.25 bits per heavy atom. The van der Waals surface area contributed by atoms with E-state index in [0.717, 1.165) is 60.8 Å². The van der Waals surface area contributed by atoms with Gasteiger partial charge in [0.2, 0.25) is 0 Å². The highest BCUT2D eigenvalue weighted by Crippen LogP contribution is 2.41. The maximum atomic E-state index is 6.85. The molecule has 4 heteroatoms. The van der Waals surface area contributed by atoms with Gasteiger partial charge in [-0.3, -0.25) is 4.57 Å². The minimum absolute atomic E-state index is 0.710. The van der Waals surface area contributed by atoms with Crippen molar-refractivity contribution in [2.75, 3.05) is 0 Å². The van der Waals surface area contributed by atoms with Gasteiger partial charge in [0.15, 0.2) is 11.5 Å². The van der Waals surface area contributed by atoms with Gasteiger partial charge in [-0.1, -0.05) is 91.0 Å². The lowest BCUT2D eigenvalue weighted by Crippen LogP contribution is -1.97. The van der Waals surface area contributed by atoms with Gasteiger partial charge in [-0.2, -0.15) is 0 Å². The van der Waals surface area contributed by atoms with Crippen LogP contribution in [0.15, 0.2) is 132 Å². The number of pyridine rings is 1. The SMILES string of the molecule is c1ccc(-n2c(-c3cccc4c3oc3c4ccc4ccc5ccccc5c43)nc3nc4ccccc4cc32)cc1. The van der Waals surface area contributed by atoms with Crippen molar-refractivity contribution in [2.45, 2.75) is 0 Å². The van der Waals surface area contributed by atoms with Crippen LogP contribution in [0, 0.1) is 0 Å². The summed E-state index contributed by atoms with van der Waals surface area (Å²) in [5, 5.41) is 7.96. The molecule has 3 aromatic heterocycles. The summed E-state index contributed by atoms with van der Waals surface area (Å²) in [6.45, 7) is 0. The van der Waals surface area contributed by atoms with Gasteiger partial charge in [-0.05, 0) is 52.6 Å². The molecule has 3 heterocycles. The van der Waals surface area contributed by atoms with E-state index >= 15 is 0 Å². The van der Waals surface area contributed by atoms with Crippen LogP contribution in [0.2, 0.25) is 0 Å². The number of para-hydroxylation sites is 3. The molecular weight excluding hydrogens is 490 g/mol. The summed E-state index contributed by atoms with van der Waals surface area (Å²) < 4.78 is 9.05.